The van der Waals surface area contributed by atoms with E-state index in [4.69, 9.17) is 4.74 Å². The summed E-state index contributed by atoms with van der Waals surface area (Å²) in [7, 11) is 0. The topological polar surface area (TPSA) is 70.3 Å². The molecule has 0 aliphatic heterocycles. The second kappa shape index (κ2) is 6.40. The van der Waals surface area contributed by atoms with Gasteiger partial charge in [-0.2, -0.15) is 0 Å². The first-order valence-corrected chi connectivity index (χ1v) is 8.02. The Balaban J connectivity index is 1.84. The molecule has 1 aromatic heterocycles. The molecule has 1 saturated carbocycles. The Hall–Kier alpha value is -2.37. The molecule has 0 spiro atoms. The van der Waals surface area contributed by atoms with E-state index in [1.54, 1.807) is 4.57 Å². The number of Topliss-reactive ketones (excluding diaryl/α,β-unsaturated/α-hetero) is 1. The van der Waals surface area contributed by atoms with Gasteiger partial charge in [-0.05, 0) is 38.3 Å². The molecule has 1 unspecified atom stereocenters. The van der Waals surface area contributed by atoms with Crippen molar-refractivity contribution in [3.63, 3.8) is 0 Å². The van der Waals surface area contributed by atoms with Gasteiger partial charge in [0.15, 0.2) is 11.9 Å². The molecule has 1 aromatic carbocycles. The molecule has 1 fully saturated rings. The fourth-order valence-corrected chi connectivity index (χ4v) is 3.13. The van der Waals surface area contributed by atoms with Crippen molar-refractivity contribution in [3.8, 4) is 0 Å². The number of rotatable bonds is 4. The Kier molecular flexibility index (Phi) is 4.32. The van der Waals surface area contributed by atoms with Crippen LogP contribution in [0.1, 0.15) is 32.6 Å². The lowest BCUT2D eigenvalue weighted by Gasteiger charge is -2.20. The maximum absolute atomic E-state index is 12.5. The van der Waals surface area contributed by atoms with Crippen LogP contribution in [0, 0.1) is 0 Å². The summed E-state index contributed by atoms with van der Waals surface area (Å²) in [5.41, 5.74) is 1.26. The van der Waals surface area contributed by atoms with Crippen molar-refractivity contribution in [1.82, 2.24) is 9.13 Å². The Bertz CT molecular complexity index is 803. The third-order valence-electron chi connectivity index (χ3n) is 4.30. The van der Waals surface area contributed by atoms with E-state index in [0.717, 1.165) is 18.4 Å². The highest BCUT2D eigenvalue weighted by atomic mass is 16.5. The first kappa shape index (κ1) is 15.5. The molecule has 3 rings (SSSR count). The minimum Gasteiger partial charge on any atom is -0.453 e. The number of ether oxygens (including phenoxy) is 1. The molecular formula is C17H20N2O4. The number of esters is 1. The summed E-state index contributed by atoms with van der Waals surface area (Å²) in [6.07, 6.45) is 2.14. The zero-order chi connectivity index (χ0) is 16.4. The van der Waals surface area contributed by atoms with E-state index < -0.39 is 12.1 Å². The van der Waals surface area contributed by atoms with Crippen LogP contribution in [-0.4, -0.2) is 27.0 Å². The number of benzene rings is 1. The van der Waals surface area contributed by atoms with E-state index in [0.29, 0.717) is 24.9 Å². The summed E-state index contributed by atoms with van der Waals surface area (Å²) in [5.74, 6) is -0.556. The van der Waals surface area contributed by atoms with Gasteiger partial charge < -0.3 is 4.74 Å². The smallest absolute Gasteiger partial charge is 0.329 e. The number of carbonyl (C=O) groups excluding carboxylic acids is 2. The normalized spacial score (nSPS) is 18.3. The van der Waals surface area contributed by atoms with Crippen LogP contribution in [0.4, 0.5) is 0 Å². The Labute approximate surface area is 133 Å². The quantitative estimate of drug-likeness (QED) is 0.808. The summed E-state index contributed by atoms with van der Waals surface area (Å²) in [5, 5.41) is 0. The van der Waals surface area contributed by atoms with Crippen LogP contribution in [0.2, 0.25) is 0 Å². The molecule has 6 heteroatoms. The molecule has 2 aromatic rings. The summed E-state index contributed by atoms with van der Waals surface area (Å²) < 4.78 is 8.33. The number of nitrogens with zero attached hydrogens (tertiary/aromatic N) is 2. The summed E-state index contributed by atoms with van der Waals surface area (Å²) in [6, 6.07) is 7.35. The molecule has 1 heterocycles. The van der Waals surface area contributed by atoms with Crippen molar-refractivity contribution < 1.29 is 14.3 Å². The molecule has 1 aliphatic carbocycles. The number of fused-ring (bicyclic) bond motifs is 1. The molecule has 1 atom stereocenters. The highest BCUT2D eigenvalue weighted by Gasteiger charge is 2.26. The number of aromatic nitrogens is 2. The van der Waals surface area contributed by atoms with Crippen molar-refractivity contribution in [2.45, 2.75) is 51.8 Å². The van der Waals surface area contributed by atoms with Crippen LogP contribution in [0.5, 0.6) is 0 Å². The van der Waals surface area contributed by atoms with Crippen molar-refractivity contribution in [3.05, 3.63) is 34.7 Å². The van der Waals surface area contributed by atoms with E-state index in [9.17, 15) is 14.4 Å². The molecule has 0 amide bonds. The first-order chi connectivity index (χ1) is 11.1. The maximum atomic E-state index is 12.5. The number of para-hydroxylation sites is 2. The molecule has 122 valence electrons. The van der Waals surface area contributed by atoms with E-state index >= 15 is 0 Å². The summed E-state index contributed by atoms with van der Waals surface area (Å²) in [6.45, 7) is 2.25. The van der Waals surface area contributed by atoms with Gasteiger partial charge in [-0.1, -0.05) is 12.1 Å². The van der Waals surface area contributed by atoms with Crippen molar-refractivity contribution in [1.29, 1.82) is 0 Å². The number of hydrogen-bond acceptors (Lipinski definition) is 4. The molecular weight excluding hydrogens is 296 g/mol. The number of ketones is 1. The Morgan fingerprint density at radius 2 is 1.87 bits per heavy atom. The van der Waals surface area contributed by atoms with Gasteiger partial charge in [0, 0.05) is 13.0 Å². The van der Waals surface area contributed by atoms with Crippen LogP contribution in [0.3, 0.4) is 0 Å². The van der Waals surface area contributed by atoms with Gasteiger partial charge in [-0.25, -0.2) is 4.79 Å². The standard InChI is InChI=1S/C17H20N2O4/c1-2-18-12-7-3-4-8-13(12)19(17(18)22)11-16(21)23-15-10-6-5-9-14(15)20/h3-4,7-8,15H,2,5-6,9-11H2,1H3. The maximum Gasteiger partial charge on any atom is 0.329 e. The second-order valence-electron chi connectivity index (χ2n) is 5.79. The minimum atomic E-state index is -0.647. The third-order valence-corrected chi connectivity index (χ3v) is 4.30. The summed E-state index contributed by atoms with van der Waals surface area (Å²) in [4.78, 5) is 36.4. The molecule has 0 bridgehead atoms. The van der Waals surface area contributed by atoms with Crippen molar-refractivity contribution in [2.24, 2.45) is 0 Å². The molecule has 23 heavy (non-hydrogen) atoms. The lowest BCUT2D eigenvalue weighted by Crippen LogP contribution is -2.33. The van der Waals surface area contributed by atoms with Crippen molar-refractivity contribution >= 4 is 22.8 Å². The van der Waals surface area contributed by atoms with Gasteiger partial charge in [0.05, 0.1) is 11.0 Å². The number of hydrogen-bond donors (Lipinski definition) is 0. The largest absolute Gasteiger partial charge is 0.453 e. The molecule has 0 N–H and O–H groups in total. The zero-order valence-electron chi connectivity index (χ0n) is 13.2. The summed E-state index contributed by atoms with van der Waals surface area (Å²) >= 11 is 0. The van der Waals surface area contributed by atoms with Crippen LogP contribution >= 0.6 is 0 Å². The first-order valence-electron chi connectivity index (χ1n) is 8.02. The third kappa shape index (κ3) is 2.93. The van der Waals surface area contributed by atoms with Crippen LogP contribution < -0.4 is 5.69 Å². The van der Waals surface area contributed by atoms with Gasteiger partial charge in [0.2, 0.25) is 0 Å². The SMILES string of the molecule is CCn1c(=O)n(CC(=O)OC2CCCCC2=O)c2ccccc21. The highest BCUT2D eigenvalue weighted by Crippen LogP contribution is 2.18. The van der Waals surface area contributed by atoms with Crippen LogP contribution in [0.15, 0.2) is 29.1 Å². The predicted octanol–water partition coefficient (Wildman–Crippen LogP) is 1.88. The van der Waals surface area contributed by atoms with E-state index in [-0.39, 0.29) is 18.0 Å². The van der Waals surface area contributed by atoms with E-state index in [2.05, 4.69) is 0 Å². The molecule has 0 saturated heterocycles. The minimum absolute atomic E-state index is 0.0204. The molecule has 0 radical (unpaired) electrons. The fraction of sp³-hybridized carbons (Fsp3) is 0.471. The average Bonchev–Trinajstić information content (AvgIpc) is 2.81. The highest BCUT2D eigenvalue weighted by molar-refractivity contribution is 5.86. The van der Waals surface area contributed by atoms with Crippen LogP contribution in [0.25, 0.3) is 11.0 Å². The zero-order valence-corrected chi connectivity index (χ0v) is 13.2. The van der Waals surface area contributed by atoms with Gasteiger partial charge in [0.1, 0.15) is 6.54 Å². The fourth-order valence-electron chi connectivity index (χ4n) is 3.13. The van der Waals surface area contributed by atoms with Gasteiger partial charge in [-0.3, -0.25) is 18.7 Å². The van der Waals surface area contributed by atoms with E-state index in [1.165, 1.54) is 4.57 Å². The molecule has 6 nitrogen and oxygen atoms in total. The lowest BCUT2D eigenvalue weighted by atomic mass is 9.96. The number of carbonyl (C=O) groups is 2. The number of imidazole rings is 1. The monoisotopic (exact) mass is 316 g/mol. The second-order valence-corrected chi connectivity index (χ2v) is 5.79. The van der Waals surface area contributed by atoms with E-state index in [1.807, 2.05) is 31.2 Å². The average molecular weight is 316 g/mol. The van der Waals surface area contributed by atoms with Gasteiger partial charge in [0.25, 0.3) is 0 Å². The molecule has 1 aliphatic rings. The Morgan fingerprint density at radius 1 is 1.17 bits per heavy atom. The van der Waals surface area contributed by atoms with Crippen LogP contribution in [-0.2, 0) is 27.4 Å². The number of aryl methyl sites for hydroxylation is 1. The van der Waals surface area contributed by atoms with Gasteiger partial charge in [-0.15, -0.1) is 0 Å². The Morgan fingerprint density at radius 3 is 2.52 bits per heavy atom. The lowest BCUT2D eigenvalue weighted by molar-refractivity contribution is -0.157. The van der Waals surface area contributed by atoms with Crippen molar-refractivity contribution in [2.75, 3.05) is 0 Å². The van der Waals surface area contributed by atoms with Gasteiger partial charge >= 0.3 is 11.7 Å². The predicted molar refractivity (Wildman–Crippen MR) is 85.2 cm³/mol.